The molecular weight excluding hydrogens is 348 g/mol. The average Bonchev–Trinajstić information content (AvgIpc) is 2.97. The third-order valence-electron chi connectivity index (χ3n) is 4.63. The Labute approximate surface area is 157 Å². The zero-order valence-electron chi connectivity index (χ0n) is 15.0. The number of nitrogens with zero attached hydrogens (tertiary/aromatic N) is 1. The van der Waals surface area contributed by atoms with Crippen LogP contribution in [-0.2, 0) is 20.9 Å². The maximum atomic E-state index is 12.6. The molecule has 2 N–H and O–H groups in total. The molecule has 7 nitrogen and oxygen atoms in total. The fourth-order valence-electron chi connectivity index (χ4n) is 3.23. The first-order chi connectivity index (χ1) is 13.1. The van der Waals surface area contributed by atoms with Crippen LogP contribution in [0, 0.1) is 11.8 Å². The van der Waals surface area contributed by atoms with Crippen LogP contribution < -0.4 is 5.32 Å². The molecule has 0 saturated carbocycles. The first-order valence-electron chi connectivity index (χ1n) is 9.05. The van der Waals surface area contributed by atoms with E-state index in [9.17, 15) is 14.4 Å². The van der Waals surface area contributed by atoms with E-state index in [0.717, 1.165) is 24.0 Å². The third-order valence-corrected chi connectivity index (χ3v) is 4.63. The average molecular weight is 370 g/mol. The molecule has 142 valence electrons. The van der Waals surface area contributed by atoms with Crippen molar-refractivity contribution in [3.63, 3.8) is 0 Å². The molecule has 0 aliphatic carbocycles. The molecule has 2 aliphatic rings. The Hall–Kier alpha value is -2.69. The van der Waals surface area contributed by atoms with E-state index < -0.39 is 11.9 Å². The van der Waals surface area contributed by atoms with Crippen molar-refractivity contribution in [1.29, 1.82) is 0 Å². The Bertz CT molecular complexity index is 808. The largest absolute Gasteiger partial charge is 0.396 e. The number of unbranched alkanes of at least 4 members (excludes halogenated alkanes) is 1. The molecule has 1 saturated heterocycles. The number of fused-ring (bicyclic) bond motifs is 1. The fraction of sp³-hybridized carbons (Fsp3) is 0.450. The van der Waals surface area contributed by atoms with E-state index in [1.807, 2.05) is 6.07 Å². The molecule has 0 spiro atoms. The Morgan fingerprint density at radius 1 is 1.26 bits per heavy atom. The van der Waals surface area contributed by atoms with Gasteiger partial charge in [0.2, 0.25) is 11.8 Å². The molecule has 2 heterocycles. The number of amides is 3. The molecule has 1 aromatic carbocycles. The quantitative estimate of drug-likeness (QED) is 0.434. The van der Waals surface area contributed by atoms with Gasteiger partial charge in [-0.2, -0.15) is 0 Å². The zero-order valence-corrected chi connectivity index (χ0v) is 15.0. The lowest BCUT2D eigenvalue weighted by molar-refractivity contribution is -0.136. The van der Waals surface area contributed by atoms with Gasteiger partial charge in [0.1, 0.15) is 12.6 Å². The molecular formula is C20H22N2O5. The van der Waals surface area contributed by atoms with Gasteiger partial charge in [0, 0.05) is 37.3 Å². The van der Waals surface area contributed by atoms with Crippen molar-refractivity contribution >= 4 is 17.7 Å². The summed E-state index contributed by atoms with van der Waals surface area (Å²) in [5.41, 5.74) is 2.19. The predicted octanol–water partition coefficient (Wildman–Crippen LogP) is 0.588. The first kappa shape index (κ1) is 19.1. The van der Waals surface area contributed by atoms with Crippen LogP contribution in [0.15, 0.2) is 18.2 Å². The van der Waals surface area contributed by atoms with Crippen LogP contribution in [0.25, 0.3) is 0 Å². The van der Waals surface area contributed by atoms with Gasteiger partial charge in [0.25, 0.3) is 5.91 Å². The number of aliphatic hydroxyl groups is 1. The van der Waals surface area contributed by atoms with E-state index in [2.05, 4.69) is 17.2 Å². The second kappa shape index (κ2) is 8.80. The van der Waals surface area contributed by atoms with Crippen LogP contribution in [0.5, 0.6) is 0 Å². The van der Waals surface area contributed by atoms with Crippen molar-refractivity contribution in [3.05, 3.63) is 34.9 Å². The van der Waals surface area contributed by atoms with Crippen LogP contribution in [0.3, 0.4) is 0 Å². The molecule has 1 unspecified atom stereocenters. The van der Waals surface area contributed by atoms with E-state index in [1.54, 1.807) is 12.1 Å². The van der Waals surface area contributed by atoms with Crippen molar-refractivity contribution in [2.75, 3.05) is 19.8 Å². The minimum absolute atomic E-state index is 0.165. The Balaban J connectivity index is 1.61. The number of carbonyl (C=O) groups excluding carboxylic acids is 3. The van der Waals surface area contributed by atoms with E-state index in [-0.39, 0.29) is 24.8 Å². The van der Waals surface area contributed by atoms with Gasteiger partial charge in [-0.3, -0.25) is 19.7 Å². The summed E-state index contributed by atoms with van der Waals surface area (Å²) in [6.07, 6.45) is 2.11. The van der Waals surface area contributed by atoms with Crippen molar-refractivity contribution in [2.45, 2.75) is 38.3 Å². The molecule has 0 aromatic heterocycles. The Kier molecular flexibility index (Phi) is 6.22. The summed E-state index contributed by atoms with van der Waals surface area (Å²) in [4.78, 5) is 37.5. The van der Waals surface area contributed by atoms with Gasteiger partial charge in [0.05, 0.1) is 0 Å². The number of hydrogen-bond donors (Lipinski definition) is 2. The molecule has 1 atom stereocenters. The molecule has 0 bridgehead atoms. The maximum absolute atomic E-state index is 12.6. The number of carbonyl (C=O) groups is 3. The van der Waals surface area contributed by atoms with Gasteiger partial charge < -0.3 is 14.7 Å². The lowest BCUT2D eigenvalue weighted by Gasteiger charge is -2.29. The minimum Gasteiger partial charge on any atom is -0.396 e. The highest BCUT2D eigenvalue weighted by Crippen LogP contribution is 2.28. The minimum atomic E-state index is -0.607. The monoisotopic (exact) mass is 370 g/mol. The van der Waals surface area contributed by atoms with Gasteiger partial charge in [0.15, 0.2) is 0 Å². The number of imide groups is 1. The normalized spacial score (nSPS) is 18.8. The van der Waals surface area contributed by atoms with Gasteiger partial charge in [-0.05, 0) is 43.0 Å². The second-order valence-corrected chi connectivity index (χ2v) is 6.56. The van der Waals surface area contributed by atoms with Gasteiger partial charge in [-0.15, -0.1) is 0 Å². The van der Waals surface area contributed by atoms with Crippen LogP contribution in [0.2, 0.25) is 0 Å². The van der Waals surface area contributed by atoms with Gasteiger partial charge in [-0.1, -0.05) is 11.8 Å². The lowest BCUT2D eigenvalue weighted by atomic mass is 10.0. The molecule has 1 fully saturated rings. The maximum Gasteiger partial charge on any atom is 0.255 e. The molecule has 2 aliphatic heterocycles. The third kappa shape index (κ3) is 4.54. The topological polar surface area (TPSA) is 95.9 Å². The number of nitrogens with one attached hydrogen (secondary N) is 1. The van der Waals surface area contributed by atoms with E-state index in [0.29, 0.717) is 31.7 Å². The SMILES string of the molecule is O=C1CCC(N2Cc3cc(C#CCOCCCCO)ccc3C2=O)C(=O)N1. The molecule has 3 rings (SSSR count). The predicted molar refractivity (Wildman–Crippen MR) is 96.5 cm³/mol. The van der Waals surface area contributed by atoms with Crippen molar-refractivity contribution in [1.82, 2.24) is 10.2 Å². The van der Waals surface area contributed by atoms with Crippen molar-refractivity contribution in [3.8, 4) is 11.8 Å². The fourth-order valence-corrected chi connectivity index (χ4v) is 3.23. The number of benzene rings is 1. The molecule has 1 aromatic rings. The summed E-state index contributed by atoms with van der Waals surface area (Å²) in [6.45, 7) is 1.38. The highest BCUT2D eigenvalue weighted by molar-refractivity contribution is 6.05. The zero-order chi connectivity index (χ0) is 19.2. The summed E-state index contributed by atoms with van der Waals surface area (Å²) in [5.74, 6) is 5.05. The summed E-state index contributed by atoms with van der Waals surface area (Å²) in [6, 6.07) is 4.77. The molecule has 27 heavy (non-hydrogen) atoms. The lowest BCUT2D eigenvalue weighted by Crippen LogP contribution is -2.52. The number of aliphatic hydroxyl groups excluding tert-OH is 1. The van der Waals surface area contributed by atoms with Gasteiger partial charge >= 0.3 is 0 Å². The molecule has 7 heteroatoms. The van der Waals surface area contributed by atoms with Crippen molar-refractivity contribution in [2.24, 2.45) is 0 Å². The number of ether oxygens (including phenoxy) is 1. The highest BCUT2D eigenvalue weighted by atomic mass is 16.5. The molecule has 3 amide bonds. The summed E-state index contributed by atoms with van der Waals surface area (Å²) >= 11 is 0. The number of hydrogen-bond acceptors (Lipinski definition) is 5. The first-order valence-corrected chi connectivity index (χ1v) is 9.05. The van der Waals surface area contributed by atoms with Crippen LogP contribution >= 0.6 is 0 Å². The van der Waals surface area contributed by atoms with Crippen LogP contribution in [0.4, 0.5) is 0 Å². The number of rotatable bonds is 6. The Morgan fingerprint density at radius 2 is 2.11 bits per heavy atom. The summed E-state index contributed by atoms with van der Waals surface area (Å²) in [7, 11) is 0. The van der Waals surface area contributed by atoms with Crippen molar-refractivity contribution < 1.29 is 24.2 Å². The van der Waals surface area contributed by atoms with Crippen LogP contribution in [0.1, 0.15) is 47.2 Å². The summed E-state index contributed by atoms with van der Waals surface area (Å²) in [5, 5.41) is 11.0. The summed E-state index contributed by atoms with van der Waals surface area (Å²) < 4.78 is 5.36. The van der Waals surface area contributed by atoms with Crippen LogP contribution in [-0.4, -0.2) is 53.6 Å². The van der Waals surface area contributed by atoms with E-state index in [1.165, 1.54) is 4.90 Å². The van der Waals surface area contributed by atoms with E-state index >= 15 is 0 Å². The number of piperidine rings is 1. The molecule has 0 radical (unpaired) electrons. The van der Waals surface area contributed by atoms with Gasteiger partial charge in [-0.25, -0.2) is 0 Å². The van der Waals surface area contributed by atoms with E-state index in [4.69, 9.17) is 9.84 Å². The Morgan fingerprint density at radius 3 is 2.89 bits per heavy atom. The standard InChI is InChI=1S/C20H22N2O5/c23-9-1-2-10-27-11-3-4-14-5-6-16-15(12-14)13-22(20(16)26)17-7-8-18(24)21-19(17)25/h5-6,12,17,23H,1-2,7-11,13H2,(H,21,24,25). The highest BCUT2D eigenvalue weighted by Gasteiger charge is 2.38. The smallest absolute Gasteiger partial charge is 0.255 e. The second-order valence-electron chi connectivity index (χ2n) is 6.56.